The maximum absolute atomic E-state index is 10.7. The molecule has 0 aromatic heterocycles. The summed E-state index contributed by atoms with van der Waals surface area (Å²) in [5.74, 6) is -0.940. The molecule has 0 radical (unpaired) electrons. The average Bonchev–Trinajstić information content (AvgIpc) is 2.38. The van der Waals surface area contributed by atoms with E-state index in [1.165, 1.54) is 12.1 Å². The molecular formula is C14H10ClNO2. The third-order valence-electron chi connectivity index (χ3n) is 2.36. The fraction of sp³-hybridized carbons (Fsp3) is 0. The number of carboxylic acid groups (broad SMARTS) is 1. The zero-order chi connectivity index (χ0) is 13.0. The van der Waals surface area contributed by atoms with Gasteiger partial charge in [-0.3, -0.25) is 4.99 Å². The number of carboxylic acids is 1. The van der Waals surface area contributed by atoms with E-state index in [4.69, 9.17) is 16.7 Å². The molecule has 0 aliphatic carbocycles. The molecule has 0 aliphatic rings. The SMILES string of the molecule is O=C(O)c1ccc(C=Nc2ccccc2Cl)cc1. The van der Waals surface area contributed by atoms with Crippen LogP contribution in [0.25, 0.3) is 0 Å². The molecule has 0 saturated heterocycles. The molecule has 0 saturated carbocycles. The molecule has 2 rings (SSSR count). The van der Waals surface area contributed by atoms with Gasteiger partial charge >= 0.3 is 5.97 Å². The maximum atomic E-state index is 10.7. The van der Waals surface area contributed by atoms with Crippen LogP contribution in [-0.4, -0.2) is 17.3 Å². The molecule has 3 nitrogen and oxygen atoms in total. The highest BCUT2D eigenvalue weighted by atomic mass is 35.5. The van der Waals surface area contributed by atoms with Gasteiger partial charge < -0.3 is 5.11 Å². The largest absolute Gasteiger partial charge is 0.478 e. The molecule has 0 aliphatic heterocycles. The van der Waals surface area contributed by atoms with E-state index < -0.39 is 5.97 Å². The highest BCUT2D eigenvalue weighted by molar-refractivity contribution is 6.33. The number of hydrogen-bond acceptors (Lipinski definition) is 2. The van der Waals surface area contributed by atoms with Crippen LogP contribution >= 0.6 is 11.6 Å². The van der Waals surface area contributed by atoms with Gasteiger partial charge in [0.15, 0.2) is 0 Å². The van der Waals surface area contributed by atoms with Crippen LogP contribution in [0.1, 0.15) is 15.9 Å². The summed E-state index contributed by atoms with van der Waals surface area (Å²) in [4.78, 5) is 14.9. The lowest BCUT2D eigenvalue weighted by Gasteiger charge is -1.97. The monoisotopic (exact) mass is 259 g/mol. The van der Waals surface area contributed by atoms with Crippen LogP contribution in [0.5, 0.6) is 0 Å². The minimum atomic E-state index is -0.940. The molecule has 18 heavy (non-hydrogen) atoms. The van der Waals surface area contributed by atoms with Crippen molar-refractivity contribution in [3.63, 3.8) is 0 Å². The third-order valence-corrected chi connectivity index (χ3v) is 2.68. The molecule has 2 aromatic rings. The lowest BCUT2D eigenvalue weighted by atomic mass is 10.1. The number of rotatable bonds is 3. The standard InChI is InChI=1S/C14H10ClNO2/c15-12-3-1-2-4-13(12)16-9-10-5-7-11(8-6-10)14(17)18/h1-9H,(H,17,18). The number of benzene rings is 2. The van der Waals surface area contributed by atoms with Crippen molar-refractivity contribution in [3.8, 4) is 0 Å². The molecule has 0 amide bonds. The Kier molecular flexibility index (Phi) is 3.75. The van der Waals surface area contributed by atoms with Crippen molar-refractivity contribution in [2.24, 2.45) is 4.99 Å². The maximum Gasteiger partial charge on any atom is 0.335 e. The van der Waals surface area contributed by atoms with Crippen LogP contribution in [0, 0.1) is 0 Å². The van der Waals surface area contributed by atoms with Crippen molar-refractivity contribution in [3.05, 3.63) is 64.7 Å². The number of carbonyl (C=O) groups is 1. The van der Waals surface area contributed by atoms with E-state index >= 15 is 0 Å². The van der Waals surface area contributed by atoms with Crippen molar-refractivity contribution in [2.75, 3.05) is 0 Å². The lowest BCUT2D eigenvalue weighted by molar-refractivity contribution is 0.0697. The Morgan fingerprint density at radius 1 is 1.11 bits per heavy atom. The van der Waals surface area contributed by atoms with Crippen molar-refractivity contribution in [1.82, 2.24) is 0 Å². The highest BCUT2D eigenvalue weighted by Gasteiger charge is 2.00. The number of hydrogen-bond donors (Lipinski definition) is 1. The first kappa shape index (κ1) is 12.3. The first-order valence-electron chi connectivity index (χ1n) is 5.29. The van der Waals surface area contributed by atoms with Gasteiger partial charge in [-0.2, -0.15) is 0 Å². The Balaban J connectivity index is 2.19. The minimum Gasteiger partial charge on any atom is -0.478 e. The quantitative estimate of drug-likeness (QED) is 0.853. The molecule has 1 N–H and O–H groups in total. The minimum absolute atomic E-state index is 0.255. The van der Waals surface area contributed by atoms with E-state index in [1.807, 2.05) is 18.2 Å². The average molecular weight is 260 g/mol. The van der Waals surface area contributed by atoms with Gasteiger partial charge in [0.05, 0.1) is 16.3 Å². The Morgan fingerprint density at radius 3 is 2.39 bits per heavy atom. The van der Waals surface area contributed by atoms with E-state index in [1.54, 1.807) is 24.4 Å². The third kappa shape index (κ3) is 2.96. The van der Waals surface area contributed by atoms with Crippen LogP contribution in [0.4, 0.5) is 5.69 Å². The second-order valence-corrected chi connectivity index (χ2v) is 4.04. The van der Waals surface area contributed by atoms with Crippen LogP contribution < -0.4 is 0 Å². The number of aliphatic imine (C=N–C) groups is 1. The summed E-state index contributed by atoms with van der Waals surface area (Å²) >= 11 is 5.97. The van der Waals surface area contributed by atoms with E-state index in [0.717, 1.165) is 5.56 Å². The molecule has 2 aromatic carbocycles. The smallest absolute Gasteiger partial charge is 0.335 e. The molecule has 4 heteroatoms. The van der Waals surface area contributed by atoms with Crippen molar-refractivity contribution in [1.29, 1.82) is 0 Å². The fourth-order valence-electron chi connectivity index (χ4n) is 1.41. The number of para-hydroxylation sites is 1. The van der Waals surface area contributed by atoms with Gasteiger partial charge in [-0.15, -0.1) is 0 Å². The number of nitrogens with zero attached hydrogens (tertiary/aromatic N) is 1. The molecule has 0 spiro atoms. The first-order chi connectivity index (χ1) is 8.66. The molecule has 0 heterocycles. The zero-order valence-electron chi connectivity index (χ0n) is 9.38. The van der Waals surface area contributed by atoms with Gasteiger partial charge in [0, 0.05) is 6.21 Å². The molecule has 0 bridgehead atoms. The van der Waals surface area contributed by atoms with Gasteiger partial charge in [0.1, 0.15) is 0 Å². The summed E-state index contributed by atoms with van der Waals surface area (Å²) in [7, 11) is 0. The van der Waals surface area contributed by atoms with Gasteiger partial charge in [0.25, 0.3) is 0 Å². The Labute approximate surface area is 109 Å². The normalized spacial score (nSPS) is 10.7. The highest BCUT2D eigenvalue weighted by Crippen LogP contribution is 2.23. The number of halogens is 1. The van der Waals surface area contributed by atoms with E-state index in [0.29, 0.717) is 10.7 Å². The predicted octanol–water partition coefficient (Wildman–Crippen LogP) is 3.79. The van der Waals surface area contributed by atoms with Crippen LogP contribution in [0.15, 0.2) is 53.5 Å². The summed E-state index contributed by atoms with van der Waals surface area (Å²) in [6.07, 6.45) is 1.65. The summed E-state index contributed by atoms with van der Waals surface area (Å²) in [6, 6.07) is 13.7. The van der Waals surface area contributed by atoms with Crippen LogP contribution in [0.3, 0.4) is 0 Å². The summed E-state index contributed by atoms with van der Waals surface area (Å²) < 4.78 is 0. The van der Waals surface area contributed by atoms with Gasteiger partial charge in [-0.1, -0.05) is 35.9 Å². The first-order valence-corrected chi connectivity index (χ1v) is 5.66. The summed E-state index contributed by atoms with van der Waals surface area (Å²) in [6.45, 7) is 0. The lowest BCUT2D eigenvalue weighted by Crippen LogP contribution is -1.95. The van der Waals surface area contributed by atoms with Gasteiger partial charge in [-0.25, -0.2) is 4.79 Å². The molecule has 0 atom stereocenters. The van der Waals surface area contributed by atoms with Crippen LogP contribution in [0.2, 0.25) is 5.02 Å². The molecular weight excluding hydrogens is 250 g/mol. The summed E-state index contributed by atoms with van der Waals surface area (Å²) in [5, 5.41) is 9.35. The van der Waals surface area contributed by atoms with Crippen molar-refractivity contribution in [2.45, 2.75) is 0 Å². The predicted molar refractivity (Wildman–Crippen MR) is 72.1 cm³/mol. The van der Waals surface area contributed by atoms with Gasteiger partial charge in [0.2, 0.25) is 0 Å². The second kappa shape index (κ2) is 5.47. The van der Waals surface area contributed by atoms with Crippen molar-refractivity contribution >= 4 is 29.5 Å². The molecule has 90 valence electrons. The summed E-state index contributed by atoms with van der Waals surface area (Å²) in [5.41, 5.74) is 1.76. The topological polar surface area (TPSA) is 49.7 Å². The zero-order valence-corrected chi connectivity index (χ0v) is 10.1. The Bertz CT molecular complexity index is 591. The van der Waals surface area contributed by atoms with E-state index in [9.17, 15) is 4.79 Å². The van der Waals surface area contributed by atoms with Crippen molar-refractivity contribution < 1.29 is 9.90 Å². The van der Waals surface area contributed by atoms with E-state index in [-0.39, 0.29) is 5.56 Å². The Hall–Kier alpha value is -2.13. The van der Waals surface area contributed by atoms with Gasteiger partial charge in [-0.05, 0) is 29.8 Å². The van der Waals surface area contributed by atoms with Crippen LogP contribution in [-0.2, 0) is 0 Å². The molecule has 0 fully saturated rings. The number of aromatic carboxylic acids is 1. The Morgan fingerprint density at radius 2 is 1.78 bits per heavy atom. The second-order valence-electron chi connectivity index (χ2n) is 3.64. The fourth-order valence-corrected chi connectivity index (χ4v) is 1.60. The van der Waals surface area contributed by atoms with E-state index in [2.05, 4.69) is 4.99 Å². The molecule has 0 unspecified atom stereocenters.